The maximum atomic E-state index is 13.3. The van der Waals surface area contributed by atoms with Crippen molar-refractivity contribution in [2.75, 3.05) is 7.11 Å². The Hall–Kier alpha value is -3.06. The summed E-state index contributed by atoms with van der Waals surface area (Å²) in [6, 6.07) is 11.3. The van der Waals surface area contributed by atoms with Crippen LogP contribution < -0.4 is 21.3 Å². The van der Waals surface area contributed by atoms with Crippen LogP contribution in [-0.4, -0.2) is 28.2 Å². The van der Waals surface area contributed by atoms with E-state index < -0.39 is 11.2 Å². The van der Waals surface area contributed by atoms with E-state index >= 15 is 0 Å². The first-order valence-corrected chi connectivity index (χ1v) is 9.62. The van der Waals surface area contributed by atoms with E-state index in [1.54, 1.807) is 36.4 Å². The number of carbonyl (C=O) groups excluding carboxylic acids is 1. The third-order valence-corrected chi connectivity index (χ3v) is 4.97. The smallest absolute Gasteiger partial charge is 0.336 e. The molecule has 0 radical (unpaired) electrons. The molecule has 1 amide bonds. The van der Waals surface area contributed by atoms with Crippen LogP contribution in [0.4, 0.5) is 0 Å². The Morgan fingerprint density at radius 3 is 2.66 bits per heavy atom. The molecule has 0 saturated heterocycles. The van der Waals surface area contributed by atoms with Crippen LogP contribution in [0.5, 0.6) is 5.75 Å². The minimum atomic E-state index is -0.627. The number of hydrogen-bond donors (Lipinski definition) is 1. The van der Waals surface area contributed by atoms with Gasteiger partial charge in [0.15, 0.2) is 0 Å². The highest BCUT2D eigenvalue weighted by molar-refractivity contribution is 6.31. The fourth-order valence-electron chi connectivity index (χ4n) is 3.04. The lowest BCUT2D eigenvalue weighted by Crippen LogP contribution is -2.43. The molecule has 0 spiro atoms. The van der Waals surface area contributed by atoms with Crippen LogP contribution >= 0.6 is 11.6 Å². The van der Waals surface area contributed by atoms with Gasteiger partial charge in [0.1, 0.15) is 12.3 Å². The fraction of sp³-hybridized carbons (Fsp3) is 0.286. The molecule has 3 aromatic rings. The maximum absolute atomic E-state index is 13.3. The number of fused-ring (bicyclic) bond motifs is 1. The van der Waals surface area contributed by atoms with Crippen molar-refractivity contribution in [1.82, 2.24) is 14.5 Å². The molecule has 0 fully saturated rings. The van der Waals surface area contributed by atoms with Crippen LogP contribution in [-0.2, 0) is 11.3 Å². The number of rotatable bonds is 6. The fourth-order valence-corrected chi connectivity index (χ4v) is 3.20. The Bertz CT molecular complexity index is 1180. The van der Waals surface area contributed by atoms with Crippen molar-refractivity contribution in [3.63, 3.8) is 0 Å². The monoisotopic (exact) mass is 415 g/mol. The van der Waals surface area contributed by atoms with Crippen molar-refractivity contribution < 1.29 is 9.53 Å². The van der Waals surface area contributed by atoms with Gasteiger partial charge in [-0.25, -0.2) is 9.36 Å². The first kappa shape index (κ1) is 20.7. The first-order valence-electron chi connectivity index (χ1n) is 9.24. The second-order valence-electron chi connectivity index (χ2n) is 6.75. The van der Waals surface area contributed by atoms with Gasteiger partial charge in [-0.3, -0.25) is 14.2 Å². The molecule has 0 aliphatic rings. The molecule has 1 aromatic heterocycles. The number of methoxy groups -OCH3 is 1. The summed E-state index contributed by atoms with van der Waals surface area (Å²) in [6.07, 6.45) is 0.760. The largest absolute Gasteiger partial charge is 0.497 e. The molecule has 0 bridgehead atoms. The molecule has 0 aliphatic carbocycles. The Balaban J connectivity index is 2.26. The molecule has 1 heterocycles. The highest BCUT2D eigenvalue weighted by atomic mass is 35.5. The molecule has 1 N–H and O–H groups in total. The summed E-state index contributed by atoms with van der Waals surface area (Å²) < 4.78 is 7.51. The van der Waals surface area contributed by atoms with Crippen molar-refractivity contribution in [3.8, 4) is 11.4 Å². The van der Waals surface area contributed by atoms with Crippen molar-refractivity contribution in [2.24, 2.45) is 0 Å². The summed E-state index contributed by atoms with van der Waals surface area (Å²) >= 11 is 6.09. The standard InChI is InChI=1S/C21H22ClN3O4/c1-4-13(2)23-19(26)12-24-18-10-14(22)8-9-17(18)20(27)25(21(24)28)15-6-5-7-16(11-15)29-3/h5-11,13H,4,12H2,1-3H3,(H,23,26)/t13-/m1/s1. The van der Waals surface area contributed by atoms with Gasteiger partial charge in [-0.1, -0.05) is 24.6 Å². The molecular formula is C21H22ClN3O4. The summed E-state index contributed by atoms with van der Waals surface area (Å²) in [4.78, 5) is 38.8. The number of benzene rings is 2. The number of hydrogen-bond acceptors (Lipinski definition) is 4. The van der Waals surface area contributed by atoms with Gasteiger partial charge in [0, 0.05) is 17.1 Å². The second-order valence-corrected chi connectivity index (χ2v) is 7.19. The predicted octanol–water partition coefficient (Wildman–Crippen LogP) is 2.73. The van der Waals surface area contributed by atoms with Gasteiger partial charge in [0.2, 0.25) is 5.91 Å². The molecule has 0 aliphatic heterocycles. The molecule has 0 unspecified atom stereocenters. The van der Waals surface area contributed by atoms with Crippen LogP contribution in [0.2, 0.25) is 5.02 Å². The van der Waals surface area contributed by atoms with Crippen LogP contribution in [0.1, 0.15) is 20.3 Å². The molecule has 7 nitrogen and oxygen atoms in total. The Kier molecular flexibility index (Phi) is 6.08. The minimum absolute atomic E-state index is 0.0302. The average molecular weight is 416 g/mol. The zero-order valence-electron chi connectivity index (χ0n) is 16.4. The molecule has 0 saturated carbocycles. The van der Waals surface area contributed by atoms with E-state index in [0.717, 1.165) is 11.0 Å². The molecular weight excluding hydrogens is 394 g/mol. The number of halogens is 1. The van der Waals surface area contributed by atoms with E-state index in [0.29, 0.717) is 22.0 Å². The molecule has 2 aromatic carbocycles. The van der Waals surface area contributed by atoms with E-state index in [2.05, 4.69) is 5.32 Å². The van der Waals surface area contributed by atoms with E-state index in [-0.39, 0.29) is 23.9 Å². The van der Waals surface area contributed by atoms with Gasteiger partial charge in [-0.2, -0.15) is 0 Å². The van der Waals surface area contributed by atoms with Gasteiger partial charge >= 0.3 is 5.69 Å². The highest BCUT2D eigenvalue weighted by Crippen LogP contribution is 2.18. The zero-order chi connectivity index (χ0) is 21.1. The van der Waals surface area contributed by atoms with Gasteiger partial charge in [-0.05, 0) is 43.7 Å². The predicted molar refractivity (Wildman–Crippen MR) is 113 cm³/mol. The second kappa shape index (κ2) is 8.53. The molecule has 8 heteroatoms. The van der Waals surface area contributed by atoms with Crippen molar-refractivity contribution in [2.45, 2.75) is 32.9 Å². The number of nitrogens with zero attached hydrogens (tertiary/aromatic N) is 2. The SMILES string of the molecule is CC[C@@H](C)NC(=O)Cn1c(=O)n(-c2cccc(OC)c2)c(=O)c2ccc(Cl)cc21. The van der Waals surface area contributed by atoms with Crippen LogP contribution in [0.25, 0.3) is 16.6 Å². The van der Waals surface area contributed by atoms with Crippen LogP contribution in [0.3, 0.4) is 0 Å². The Morgan fingerprint density at radius 2 is 1.97 bits per heavy atom. The quantitative estimate of drug-likeness (QED) is 0.671. The van der Waals surface area contributed by atoms with Crippen molar-refractivity contribution in [3.05, 3.63) is 68.3 Å². The van der Waals surface area contributed by atoms with Gasteiger partial charge in [-0.15, -0.1) is 0 Å². The summed E-state index contributed by atoms with van der Waals surface area (Å²) in [6.45, 7) is 3.60. The molecule has 152 valence electrons. The Labute approximate surface area is 172 Å². The van der Waals surface area contributed by atoms with E-state index in [1.807, 2.05) is 13.8 Å². The number of aromatic nitrogens is 2. The number of ether oxygens (including phenoxy) is 1. The van der Waals surface area contributed by atoms with Gasteiger partial charge in [0.05, 0.1) is 23.7 Å². The lowest BCUT2D eigenvalue weighted by Gasteiger charge is -2.16. The minimum Gasteiger partial charge on any atom is -0.497 e. The third-order valence-electron chi connectivity index (χ3n) is 4.74. The molecule has 29 heavy (non-hydrogen) atoms. The van der Waals surface area contributed by atoms with Crippen molar-refractivity contribution in [1.29, 1.82) is 0 Å². The maximum Gasteiger partial charge on any atom is 0.336 e. The van der Waals surface area contributed by atoms with E-state index in [1.165, 1.54) is 17.7 Å². The van der Waals surface area contributed by atoms with Crippen molar-refractivity contribution >= 4 is 28.4 Å². The summed E-state index contributed by atoms with van der Waals surface area (Å²) in [5.41, 5.74) is -0.455. The summed E-state index contributed by atoms with van der Waals surface area (Å²) in [5, 5.41) is 3.49. The zero-order valence-corrected chi connectivity index (χ0v) is 17.2. The highest BCUT2D eigenvalue weighted by Gasteiger charge is 2.18. The van der Waals surface area contributed by atoms with E-state index in [9.17, 15) is 14.4 Å². The number of carbonyl (C=O) groups is 1. The topological polar surface area (TPSA) is 82.3 Å². The molecule has 1 atom stereocenters. The Morgan fingerprint density at radius 1 is 1.21 bits per heavy atom. The van der Waals surface area contributed by atoms with Gasteiger partial charge in [0.25, 0.3) is 5.56 Å². The lowest BCUT2D eigenvalue weighted by molar-refractivity contribution is -0.122. The average Bonchev–Trinajstić information content (AvgIpc) is 2.71. The van der Waals surface area contributed by atoms with Crippen LogP contribution in [0, 0.1) is 0 Å². The van der Waals surface area contributed by atoms with Gasteiger partial charge < -0.3 is 10.1 Å². The molecule has 3 rings (SSSR count). The number of amides is 1. The van der Waals surface area contributed by atoms with E-state index in [4.69, 9.17) is 16.3 Å². The lowest BCUT2D eigenvalue weighted by atomic mass is 10.2. The third kappa shape index (κ3) is 4.19. The van der Waals surface area contributed by atoms with Crippen LogP contribution in [0.15, 0.2) is 52.1 Å². The summed E-state index contributed by atoms with van der Waals surface area (Å²) in [5.74, 6) is 0.185. The summed E-state index contributed by atoms with van der Waals surface area (Å²) in [7, 11) is 1.50. The normalized spacial score (nSPS) is 12.0. The number of nitrogens with one attached hydrogen (secondary N) is 1. The first-order chi connectivity index (χ1) is 13.8.